The molecular formula is C18H26N5O5P. The summed E-state index contributed by atoms with van der Waals surface area (Å²) >= 11 is 0. The molecule has 0 amide bonds. The quantitative estimate of drug-likeness (QED) is 0.126. The van der Waals surface area contributed by atoms with Gasteiger partial charge in [-0.3, -0.25) is 15.1 Å². The highest BCUT2D eigenvalue weighted by atomic mass is 31.2. The van der Waals surface area contributed by atoms with E-state index in [4.69, 9.17) is 30.5 Å². The lowest BCUT2D eigenvalue weighted by atomic mass is 10.1. The van der Waals surface area contributed by atoms with Gasteiger partial charge in [-0.25, -0.2) is 4.99 Å². The Morgan fingerprint density at radius 1 is 1.41 bits per heavy atom. The first-order valence-corrected chi connectivity index (χ1v) is 10.2. The fraction of sp³-hybridized carbons (Fsp3) is 0.389. The molecule has 1 aromatic carbocycles. The van der Waals surface area contributed by atoms with Crippen molar-refractivity contribution in [3.63, 3.8) is 0 Å². The summed E-state index contributed by atoms with van der Waals surface area (Å²) in [5, 5.41) is 3.13. The van der Waals surface area contributed by atoms with Crippen molar-refractivity contribution in [1.82, 2.24) is 5.32 Å². The summed E-state index contributed by atoms with van der Waals surface area (Å²) in [4.78, 5) is 37.8. The Labute approximate surface area is 170 Å². The van der Waals surface area contributed by atoms with E-state index in [0.29, 0.717) is 37.0 Å². The zero-order valence-electron chi connectivity index (χ0n) is 16.1. The van der Waals surface area contributed by atoms with Gasteiger partial charge in [-0.2, -0.15) is 0 Å². The second-order valence-electron chi connectivity index (χ2n) is 6.20. The van der Waals surface area contributed by atoms with Crippen LogP contribution in [0.1, 0.15) is 18.9 Å². The molecule has 2 unspecified atom stereocenters. The number of carbonyl (C=O) groups excluding carboxylic acids is 1. The van der Waals surface area contributed by atoms with Crippen LogP contribution in [0.3, 0.4) is 0 Å². The largest absolute Gasteiger partial charge is 0.465 e. The number of nitrogens with one attached hydrogen (secondary N) is 1. The SMILES string of the molecule is CCOC(=O)C1C=CC(N=C(N)CC(N)NCc2ccc(OP(O)O)cc2)=NC1. The summed E-state index contributed by atoms with van der Waals surface area (Å²) in [7, 11) is -2.43. The molecule has 0 aliphatic carbocycles. The Morgan fingerprint density at radius 2 is 2.14 bits per heavy atom. The highest BCUT2D eigenvalue weighted by molar-refractivity contribution is 7.39. The Hall–Kier alpha value is -2.36. The van der Waals surface area contributed by atoms with Crippen molar-refractivity contribution in [3.8, 4) is 5.75 Å². The van der Waals surface area contributed by atoms with Gasteiger partial charge < -0.3 is 30.5 Å². The first-order valence-electron chi connectivity index (χ1n) is 9.03. The Morgan fingerprint density at radius 3 is 2.72 bits per heavy atom. The van der Waals surface area contributed by atoms with Crippen molar-refractivity contribution in [3.05, 3.63) is 42.0 Å². The van der Waals surface area contributed by atoms with E-state index < -0.39 is 20.7 Å². The van der Waals surface area contributed by atoms with Gasteiger partial charge >= 0.3 is 14.6 Å². The third-order valence-electron chi connectivity index (χ3n) is 3.88. The summed E-state index contributed by atoms with van der Waals surface area (Å²) < 4.78 is 9.77. The zero-order chi connectivity index (χ0) is 21.2. The van der Waals surface area contributed by atoms with Crippen molar-refractivity contribution in [2.75, 3.05) is 13.2 Å². The van der Waals surface area contributed by atoms with Crippen LogP contribution in [-0.4, -0.2) is 46.7 Å². The minimum Gasteiger partial charge on any atom is -0.465 e. The second-order valence-corrected chi connectivity index (χ2v) is 6.89. The van der Waals surface area contributed by atoms with Crippen molar-refractivity contribution >= 4 is 26.2 Å². The highest BCUT2D eigenvalue weighted by Gasteiger charge is 2.19. The number of rotatable bonds is 9. The van der Waals surface area contributed by atoms with E-state index in [9.17, 15) is 4.79 Å². The van der Waals surface area contributed by atoms with Crippen molar-refractivity contribution in [2.45, 2.75) is 26.1 Å². The summed E-state index contributed by atoms with van der Waals surface area (Å²) in [5.41, 5.74) is 12.9. The van der Waals surface area contributed by atoms with Crippen LogP contribution in [0.4, 0.5) is 0 Å². The van der Waals surface area contributed by atoms with Crippen LogP contribution in [0, 0.1) is 5.92 Å². The molecule has 2 atom stereocenters. The highest BCUT2D eigenvalue weighted by Crippen LogP contribution is 2.28. The molecule has 2 rings (SSSR count). The molecule has 0 aromatic heterocycles. The number of carbonyl (C=O) groups is 1. The van der Waals surface area contributed by atoms with Gasteiger partial charge in [0.25, 0.3) is 0 Å². The molecule has 0 fully saturated rings. The molecule has 1 aliphatic rings. The van der Waals surface area contributed by atoms with Crippen LogP contribution in [0.25, 0.3) is 0 Å². The number of hydrogen-bond donors (Lipinski definition) is 5. The molecule has 1 heterocycles. The molecule has 0 bridgehead atoms. The van der Waals surface area contributed by atoms with Crippen LogP contribution in [0.2, 0.25) is 0 Å². The zero-order valence-corrected chi connectivity index (χ0v) is 17.0. The third kappa shape index (κ3) is 8.26. The number of hydrogen-bond acceptors (Lipinski definition) is 9. The fourth-order valence-electron chi connectivity index (χ4n) is 2.48. The van der Waals surface area contributed by atoms with Crippen LogP contribution >= 0.6 is 8.60 Å². The Kier molecular flexibility index (Phi) is 9.17. The normalized spacial score (nSPS) is 17.8. The molecule has 158 valence electrons. The van der Waals surface area contributed by atoms with E-state index in [1.807, 2.05) is 0 Å². The maximum atomic E-state index is 11.7. The van der Waals surface area contributed by atoms with E-state index in [0.717, 1.165) is 5.56 Å². The number of benzene rings is 1. The topological polar surface area (TPSA) is 165 Å². The van der Waals surface area contributed by atoms with Gasteiger partial charge in [0, 0.05) is 13.0 Å². The van der Waals surface area contributed by atoms with E-state index in [1.54, 1.807) is 43.3 Å². The van der Waals surface area contributed by atoms with Gasteiger partial charge in [0.1, 0.15) is 17.4 Å². The van der Waals surface area contributed by atoms with Crippen LogP contribution < -0.4 is 21.3 Å². The minimum absolute atomic E-state index is 0.278. The van der Waals surface area contributed by atoms with Gasteiger partial charge in [-0.05, 0) is 30.7 Å². The number of esters is 1. The molecule has 11 heteroatoms. The Balaban J connectivity index is 1.78. The molecular weight excluding hydrogens is 397 g/mol. The standard InChI is InChI=1S/C18H26N5O5P/c1-2-27-18(24)13-5-8-17(22-11-13)23-16(20)9-15(19)21-10-12-3-6-14(7-4-12)28-29(25)26/h3-8,13,15,21,25-26H,2,9-11,19H2,1H3,(H2,20,22,23). The van der Waals surface area contributed by atoms with Crippen molar-refractivity contribution < 1.29 is 23.8 Å². The summed E-state index contributed by atoms with van der Waals surface area (Å²) in [5.74, 6) is 0.446. The number of ether oxygens (including phenoxy) is 1. The van der Waals surface area contributed by atoms with E-state index in [-0.39, 0.29) is 12.5 Å². The molecule has 0 saturated heterocycles. The van der Waals surface area contributed by atoms with Crippen LogP contribution in [0.5, 0.6) is 5.75 Å². The van der Waals surface area contributed by atoms with Gasteiger partial charge in [0.2, 0.25) is 0 Å². The molecule has 29 heavy (non-hydrogen) atoms. The lowest BCUT2D eigenvalue weighted by Crippen LogP contribution is -2.40. The van der Waals surface area contributed by atoms with Gasteiger partial charge in [0.05, 0.1) is 25.2 Å². The average molecular weight is 423 g/mol. The van der Waals surface area contributed by atoms with Crippen LogP contribution in [-0.2, 0) is 16.1 Å². The van der Waals surface area contributed by atoms with Gasteiger partial charge in [-0.15, -0.1) is 0 Å². The third-order valence-corrected chi connectivity index (χ3v) is 4.26. The average Bonchev–Trinajstić information content (AvgIpc) is 2.67. The van der Waals surface area contributed by atoms with E-state index in [2.05, 4.69) is 15.3 Å². The smallest absolute Gasteiger partial charge is 0.391 e. The fourth-order valence-corrected chi connectivity index (χ4v) is 2.79. The monoisotopic (exact) mass is 423 g/mol. The lowest BCUT2D eigenvalue weighted by molar-refractivity contribution is -0.145. The molecule has 1 aromatic rings. The summed E-state index contributed by atoms with van der Waals surface area (Å²) in [6.07, 6.45) is 3.25. The molecule has 7 N–H and O–H groups in total. The summed E-state index contributed by atoms with van der Waals surface area (Å²) in [6.45, 7) is 2.86. The number of nitrogens with two attached hydrogens (primary N) is 2. The van der Waals surface area contributed by atoms with E-state index >= 15 is 0 Å². The molecule has 0 radical (unpaired) electrons. The molecule has 0 spiro atoms. The summed E-state index contributed by atoms with van der Waals surface area (Å²) in [6, 6.07) is 6.84. The van der Waals surface area contributed by atoms with Crippen molar-refractivity contribution in [1.29, 1.82) is 0 Å². The number of aliphatic imine (C=N–C) groups is 2. The number of amidine groups is 2. The predicted octanol–water partition coefficient (Wildman–Crippen LogP) is 0.546. The lowest BCUT2D eigenvalue weighted by Gasteiger charge is -2.15. The molecule has 10 nitrogen and oxygen atoms in total. The van der Waals surface area contributed by atoms with Crippen LogP contribution in [0.15, 0.2) is 46.4 Å². The number of nitrogens with zero attached hydrogens (tertiary/aromatic N) is 2. The van der Waals surface area contributed by atoms with Crippen molar-refractivity contribution in [2.24, 2.45) is 27.4 Å². The number of dihydropyridines is 1. The minimum atomic E-state index is -2.43. The molecule has 1 aliphatic heterocycles. The predicted molar refractivity (Wildman–Crippen MR) is 111 cm³/mol. The maximum Gasteiger partial charge on any atom is 0.391 e. The first kappa shape index (κ1) is 22.9. The second kappa shape index (κ2) is 11.6. The maximum absolute atomic E-state index is 11.7. The Bertz CT molecular complexity index is 766. The van der Waals surface area contributed by atoms with Gasteiger partial charge in [0.15, 0.2) is 0 Å². The first-order chi connectivity index (χ1) is 13.9. The molecule has 0 saturated carbocycles. The van der Waals surface area contributed by atoms with E-state index in [1.165, 1.54) is 0 Å². The van der Waals surface area contributed by atoms with Gasteiger partial charge in [-0.1, -0.05) is 18.2 Å².